The molecule has 0 aromatic heterocycles. The Kier molecular flexibility index (Phi) is 8.82. The van der Waals surface area contributed by atoms with Crippen molar-refractivity contribution in [1.82, 2.24) is 9.80 Å². The van der Waals surface area contributed by atoms with Crippen LogP contribution in [-0.4, -0.2) is 87.2 Å². The predicted molar refractivity (Wildman–Crippen MR) is 116 cm³/mol. The maximum Gasteiger partial charge on any atom is 0.257 e. The van der Waals surface area contributed by atoms with Gasteiger partial charge in [0.05, 0.1) is 17.7 Å². The molecule has 9 heteroatoms. The van der Waals surface area contributed by atoms with E-state index in [0.29, 0.717) is 30.1 Å². The molecule has 0 bridgehead atoms. The molecule has 2 rings (SSSR count). The van der Waals surface area contributed by atoms with Gasteiger partial charge in [0.15, 0.2) is 0 Å². The molecule has 1 N–H and O–H groups in total. The van der Waals surface area contributed by atoms with Crippen LogP contribution in [-0.2, 0) is 19.1 Å². The highest BCUT2D eigenvalue weighted by Crippen LogP contribution is 2.26. The molecule has 1 aromatic carbocycles. The van der Waals surface area contributed by atoms with Gasteiger partial charge in [-0.15, -0.1) is 0 Å². The Bertz CT molecular complexity index is 799. The van der Waals surface area contributed by atoms with Crippen LogP contribution in [0.15, 0.2) is 18.2 Å². The highest BCUT2D eigenvalue weighted by Gasteiger charge is 2.29. The van der Waals surface area contributed by atoms with E-state index in [-0.39, 0.29) is 49.0 Å². The van der Waals surface area contributed by atoms with Crippen LogP contribution in [0.2, 0.25) is 0 Å². The third-order valence-electron chi connectivity index (χ3n) is 5.41. The van der Waals surface area contributed by atoms with Gasteiger partial charge in [0, 0.05) is 52.9 Å². The Morgan fingerprint density at radius 3 is 2.55 bits per heavy atom. The lowest BCUT2D eigenvalue weighted by Crippen LogP contribution is -2.48. The highest BCUT2D eigenvalue weighted by atomic mass is 16.5. The summed E-state index contributed by atoms with van der Waals surface area (Å²) in [5.41, 5.74) is 0.788. The summed E-state index contributed by atoms with van der Waals surface area (Å²) in [5, 5.41) is 2.70. The molecule has 3 atom stereocenters. The largest absolute Gasteiger partial charge is 0.491 e. The Balaban J connectivity index is 2.42. The van der Waals surface area contributed by atoms with E-state index < -0.39 is 0 Å². The topological polar surface area (TPSA) is 97.4 Å². The van der Waals surface area contributed by atoms with Gasteiger partial charge in [0.25, 0.3) is 5.91 Å². The van der Waals surface area contributed by atoms with Crippen LogP contribution in [0.1, 0.15) is 31.1 Å². The van der Waals surface area contributed by atoms with Gasteiger partial charge in [-0.3, -0.25) is 14.4 Å². The monoisotopic (exact) mass is 435 g/mol. The quantitative estimate of drug-likeness (QED) is 0.772. The van der Waals surface area contributed by atoms with Crippen LogP contribution >= 0.6 is 0 Å². The fourth-order valence-electron chi connectivity index (χ4n) is 3.62. The minimum Gasteiger partial charge on any atom is -0.491 e. The number of hydrogen-bond donors (Lipinski definition) is 1. The number of nitrogens with zero attached hydrogens (tertiary/aromatic N) is 2. The minimum absolute atomic E-state index is 0.00478. The minimum atomic E-state index is -0.323. The van der Waals surface area contributed by atoms with Gasteiger partial charge < -0.3 is 29.3 Å². The SMILES string of the molecule is COCC(=O)Nc1ccc2c(c1)C(=O)N(C)C[C@H](OC)[C@@H](C)CN(C(C)=O)[C@H](C)CO2. The van der Waals surface area contributed by atoms with Crippen molar-refractivity contribution in [3.63, 3.8) is 0 Å². The number of likely N-dealkylation sites (N-methyl/N-ethyl adjacent to an activating group) is 1. The van der Waals surface area contributed by atoms with Gasteiger partial charge in [-0.25, -0.2) is 0 Å². The molecule has 0 radical (unpaired) electrons. The lowest BCUT2D eigenvalue weighted by molar-refractivity contribution is -0.133. The van der Waals surface area contributed by atoms with Gasteiger partial charge in [-0.05, 0) is 25.1 Å². The highest BCUT2D eigenvalue weighted by molar-refractivity contribution is 5.99. The Hall–Kier alpha value is -2.65. The number of rotatable bonds is 4. The number of fused-ring (bicyclic) bond motifs is 1. The molecule has 9 nitrogen and oxygen atoms in total. The fourth-order valence-corrected chi connectivity index (χ4v) is 3.62. The van der Waals surface area contributed by atoms with Crippen LogP contribution in [0.5, 0.6) is 5.75 Å². The Labute approximate surface area is 183 Å². The number of benzene rings is 1. The van der Waals surface area contributed by atoms with E-state index in [2.05, 4.69) is 5.32 Å². The summed E-state index contributed by atoms with van der Waals surface area (Å²) in [7, 11) is 4.73. The van der Waals surface area contributed by atoms with E-state index in [0.717, 1.165) is 0 Å². The van der Waals surface area contributed by atoms with E-state index in [4.69, 9.17) is 14.2 Å². The molecule has 0 spiro atoms. The van der Waals surface area contributed by atoms with Crippen LogP contribution in [0.4, 0.5) is 5.69 Å². The number of anilines is 1. The zero-order valence-electron chi connectivity index (χ0n) is 19.1. The zero-order chi connectivity index (χ0) is 23.1. The van der Waals surface area contributed by atoms with Crippen molar-refractivity contribution in [3.8, 4) is 5.75 Å². The van der Waals surface area contributed by atoms with Crippen molar-refractivity contribution >= 4 is 23.4 Å². The molecule has 1 aliphatic rings. The van der Waals surface area contributed by atoms with Crippen LogP contribution in [0.3, 0.4) is 0 Å². The average molecular weight is 436 g/mol. The van der Waals surface area contributed by atoms with Crippen LogP contribution in [0, 0.1) is 5.92 Å². The van der Waals surface area contributed by atoms with Gasteiger partial charge in [0.1, 0.15) is 19.0 Å². The number of nitrogens with one attached hydrogen (secondary N) is 1. The number of amides is 3. The third-order valence-corrected chi connectivity index (χ3v) is 5.41. The summed E-state index contributed by atoms with van der Waals surface area (Å²) in [6, 6.07) is 4.71. The molecule has 0 aliphatic carbocycles. The molecule has 0 saturated heterocycles. The smallest absolute Gasteiger partial charge is 0.257 e. The number of hydrogen-bond acceptors (Lipinski definition) is 6. The predicted octanol–water partition coefficient (Wildman–Crippen LogP) is 1.62. The standard InChI is InChI=1S/C22H33N3O6/c1-14-10-25(16(3)26)15(2)12-31-19-8-7-17(23-21(27)13-29-5)9-18(19)22(28)24(4)11-20(14)30-6/h7-9,14-15,20H,10-13H2,1-6H3,(H,23,27)/t14-,15+,20-/m0/s1. The molecule has 0 unspecified atom stereocenters. The summed E-state index contributed by atoms with van der Waals surface area (Å²) in [6.07, 6.45) is -0.253. The van der Waals surface area contributed by atoms with E-state index >= 15 is 0 Å². The van der Waals surface area contributed by atoms with Gasteiger partial charge >= 0.3 is 0 Å². The molecule has 1 aromatic rings. The fraction of sp³-hybridized carbons (Fsp3) is 0.591. The molecule has 3 amide bonds. The second-order valence-electron chi connectivity index (χ2n) is 7.96. The number of methoxy groups -OCH3 is 2. The molecule has 0 saturated carbocycles. The Morgan fingerprint density at radius 1 is 1.23 bits per heavy atom. The number of carbonyl (C=O) groups is 3. The third kappa shape index (κ3) is 6.41. The summed E-state index contributed by atoms with van der Waals surface area (Å²) >= 11 is 0. The summed E-state index contributed by atoms with van der Waals surface area (Å²) in [4.78, 5) is 40.7. The van der Waals surface area contributed by atoms with Crippen molar-refractivity contribution in [3.05, 3.63) is 23.8 Å². The molecule has 172 valence electrons. The van der Waals surface area contributed by atoms with Gasteiger partial charge in [-0.1, -0.05) is 6.92 Å². The van der Waals surface area contributed by atoms with Gasteiger partial charge in [0.2, 0.25) is 11.8 Å². The number of ether oxygens (including phenoxy) is 3. The second-order valence-corrected chi connectivity index (χ2v) is 7.96. The summed E-state index contributed by atoms with van der Waals surface area (Å²) < 4.78 is 16.4. The molecular formula is C22H33N3O6. The van der Waals surface area contributed by atoms with Gasteiger partial charge in [-0.2, -0.15) is 0 Å². The Morgan fingerprint density at radius 2 is 1.94 bits per heavy atom. The van der Waals surface area contributed by atoms with E-state index in [1.54, 1.807) is 42.2 Å². The lowest BCUT2D eigenvalue weighted by Gasteiger charge is -2.35. The average Bonchev–Trinajstić information content (AvgIpc) is 2.72. The maximum atomic E-state index is 13.2. The molecule has 31 heavy (non-hydrogen) atoms. The van der Waals surface area contributed by atoms with E-state index in [1.807, 2.05) is 13.8 Å². The first-order chi connectivity index (χ1) is 14.7. The number of carbonyl (C=O) groups excluding carboxylic acids is 3. The molecule has 1 aliphatic heterocycles. The van der Waals surface area contributed by atoms with Crippen molar-refractivity contribution in [2.45, 2.75) is 32.9 Å². The molecule has 1 heterocycles. The van der Waals surface area contributed by atoms with Crippen molar-refractivity contribution in [1.29, 1.82) is 0 Å². The second kappa shape index (κ2) is 11.1. The lowest BCUT2D eigenvalue weighted by atomic mass is 10.0. The van der Waals surface area contributed by atoms with Crippen LogP contribution < -0.4 is 10.1 Å². The van der Waals surface area contributed by atoms with Crippen molar-refractivity contribution in [2.24, 2.45) is 5.92 Å². The molecule has 0 fully saturated rings. The first-order valence-corrected chi connectivity index (χ1v) is 10.3. The van der Waals surface area contributed by atoms with E-state index in [1.165, 1.54) is 14.0 Å². The first-order valence-electron chi connectivity index (χ1n) is 10.3. The first kappa shape index (κ1) is 24.6. The normalized spacial score (nSPS) is 22.6. The van der Waals surface area contributed by atoms with E-state index in [9.17, 15) is 14.4 Å². The van der Waals surface area contributed by atoms with Crippen molar-refractivity contribution in [2.75, 3.05) is 52.9 Å². The molecular weight excluding hydrogens is 402 g/mol. The summed E-state index contributed by atoms with van der Waals surface area (Å²) in [5.74, 6) is -0.222. The zero-order valence-corrected chi connectivity index (χ0v) is 19.1. The van der Waals surface area contributed by atoms with Crippen LogP contribution in [0.25, 0.3) is 0 Å². The maximum absolute atomic E-state index is 13.2. The summed E-state index contributed by atoms with van der Waals surface area (Å²) in [6.45, 7) is 6.42. The van der Waals surface area contributed by atoms with Crippen molar-refractivity contribution < 1.29 is 28.6 Å².